The van der Waals surface area contributed by atoms with Crippen LogP contribution in [-0.2, 0) is 19.1 Å². The average Bonchev–Trinajstić information content (AvgIpc) is 3.03. The predicted molar refractivity (Wildman–Crippen MR) is 84.1 cm³/mol. The zero-order valence-electron chi connectivity index (χ0n) is 13.8. The summed E-state index contributed by atoms with van der Waals surface area (Å²) in [5.41, 5.74) is 2.22. The summed E-state index contributed by atoms with van der Waals surface area (Å²) in [4.78, 5) is 24.6. The second kappa shape index (κ2) is 7.61. The first-order valence-electron chi connectivity index (χ1n) is 8.36. The molecule has 2 aliphatic rings. The van der Waals surface area contributed by atoms with Crippen LogP contribution >= 0.6 is 0 Å². The summed E-state index contributed by atoms with van der Waals surface area (Å²) >= 11 is 0. The molecule has 0 N–H and O–H groups in total. The highest BCUT2D eigenvalue weighted by atomic mass is 16.5. The lowest BCUT2D eigenvalue weighted by molar-refractivity contribution is -0.142. The van der Waals surface area contributed by atoms with Crippen LogP contribution in [0.15, 0.2) is 22.8 Å². The van der Waals surface area contributed by atoms with E-state index in [1.807, 2.05) is 6.92 Å². The second-order valence-corrected chi connectivity index (χ2v) is 6.05. The van der Waals surface area contributed by atoms with Crippen molar-refractivity contribution >= 4 is 11.9 Å². The lowest BCUT2D eigenvalue weighted by atomic mass is 9.92. The van der Waals surface area contributed by atoms with Crippen LogP contribution in [0.3, 0.4) is 0 Å². The second-order valence-electron chi connectivity index (χ2n) is 6.05. The molecule has 2 unspecified atom stereocenters. The van der Waals surface area contributed by atoms with E-state index in [9.17, 15) is 9.59 Å². The first-order valence-corrected chi connectivity index (χ1v) is 8.36. The zero-order chi connectivity index (χ0) is 16.1. The average molecular weight is 306 g/mol. The third-order valence-corrected chi connectivity index (χ3v) is 4.46. The van der Waals surface area contributed by atoms with Gasteiger partial charge in [0.05, 0.1) is 24.4 Å². The predicted octanol–water partition coefficient (Wildman–Crippen LogP) is 3.57. The van der Waals surface area contributed by atoms with E-state index in [4.69, 9.17) is 9.47 Å². The maximum absolute atomic E-state index is 12.4. The van der Waals surface area contributed by atoms with Gasteiger partial charge in [-0.2, -0.15) is 0 Å². The van der Waals surface area contributed by atoms with Crippen LogP contribution in [0, 0.1) is 11.8 Å². The highest BCUT2D eigenvalue weighted by Crippen LogP contribution is 2.48. The minimum atomic E-state index is -0.361. The SMILES string of the molecule is CCCCCCOC(=O)C1=C(C(=O)OCC)C2CC1C=C2C. The summed E-state index contributed by atoms with van der Waals surface area (Å²) < 4.78 is 10.5. The largest absolute Gasteiger partial charge is 0.463 e. The lowest BCUT2D eigenvalue weighted by Crippen LogP contribution is -2.21. The smallest absolute Gasteiger partial charge is 0.335 e. The van der Waals surface area contributed by atoms with Crippen LogP contribution in [-0.4, -0.2) is 25.2 Å². The molecule has 0 amide bonds. The van der Waals surface area contributed by atoms with Gasteiger partial charge in [0.15, 0.2) is 0 Å². The molecule has 0 saturated heterocycles. The molecule has 4 nitrogen and oxygen atoms in total. The quantitative estimate of drug-likeness (QED) is 0.391. The molecule has 0 aromatic heterocycles. The summed E-state index contributed by atoms with van der Waals surface area (Å²) in [6.45, 7) is 6.68. The first-order chi connectivity index (χ1) is 10.6. The fourth-order valence-corrected chi connectivity index (χ4v) is 3.37. The topological polar surface area (TPSA) is 52.6 Å². The van der Waals surface area contributed by atoms with Crippen molar-refractivity contribution < 1.29 is 19.1 Å². The molecule has 2 rings (SSSR count). The fraction of sp³-hybridized carbons (Fsp3) is 0.667. The summed E-state index contributed by atoms with van der Waals surface area (Å²) in [6, 6.07) is 0. The Bertz CT molecular complexity index is 501. The van der Waals surface area contributed by atoms with Crippen molar-refractivity contribution in [3.05, 3.63) is 22.8 Å². The Morgan fingerprint density at radius 2 is 1.82 bits per heavy atom. The molecule has 22 heavy (non-hydrogen) atoms. The molecule has 0 aromatic rings. The van der Waals surface area contributed by atoms with Gasteiger partial charge in [-0.1, -0.05) is 37.8 Å². The van der Waals surface area contributed by atoms with Gasteiger partial charge in [-0.3, -0.25) is 0 Å². The number of esters is 2. The van der Waals surface area contributed by atoms with E-state index < -0.39 is 0 Å². The minimum Gasteiger partial charge on any atom is -0.463 e. The lowest BCUT2D eigenvalue weighted by Gasteiger charge is -2.17. The normalized spacial score (nSPS) is 22.8. The van der Waals surface area contributed by atoms with Crippen molar-refractivity contribution in [1.82, 2.24) is 0 Å². The number of unbranched alkanes of at least 4 members (excludes halogenated alkanes) is 3. The summed E-state index contributed by atoms with van der Waals surface area (Å²) in [6.07, 6.45) is 7.14. The summed E-state index contributed by atoms with van der Waals surface area (Å²) in [5, 5.41) is 0. The molecule has 0 radical (unpaired) electrons. The summed E-state index contributed by atoms with van der Waals surface area (Å²) in [7, 11) is 0. The van der Waals surface area contributed by atoms with Crippen molar-refractivity contribution in [2.75, 3.05) is 13.2 Å². The van der Waals surface area contributed by atoms with Crippen molar-refractivity contribution in [2.24, 2.45) is 11.8 Å². The van der Waals surface area contributed by atoms with Crippen LogP contribution in [0.25, 0.3) is 0 Å². The third kappa shape index (κ3) is 3.42. The highest BCUT2D eigenvalue weighted by molar-refractivity contribution is 6.03. The zero-order valence-corrected chi connectivity index (χ0v) is 13.8. The number of rotatable bonds is 8. The molecular weight excluding hydrogens is 280 g/mol. The van der Waals surface area contributed by atoms with Gasteiger partial charge in [0.2, 0.25) is 0 Å². The Morgan fingerprint density at radius 1 is 1.09 bits per heavy atom. The number of hydrogen-bond acceptors (Lipinski definition) is 4. The number of ether oxygens (including phenoxy) is 2. The van der Waals surface area contributed by atoms with Crippen LogP contribution < -0.4 is 0 Å². The van der Waals surface area contributed by atoms with E-state index in [0.717, 1.165) is 37.7 Å². The number of fused-ring (bicyclic) bond motifs is 2. The van der Waals surface area contributed by atoms with Gasteiger partial charge in [0.1, 0.15) is 0 Å². The number of carbonyl (C=O) groups excluding carboxylic acids is 2. The molecule has 0 spiro atoms. The van der Waals surface area contributed by atoms with Crippen LogP contribution in [0.5, 0.6) is 0 Å². The van der Waals surface area contributed by atoms with Gasteiger partial charge < -0.3 is 9.47 Å². The van der Waals surface area contributed by atoms with Gasteiger partial charge in [-0.25, -0.2) is 9.59 Å². The molecular formula is C18H26O4. The van der Waals surface area contributed by atoms with Gasteiger partial charge in [-0.05, 0) is 26.7 Å². The molecule has 0 fully saturated rings. The Labute approximate surface area is 132 Å². The van der Waals surface area contributed by atoms with Crippen molar-refractivity contribution in [3.8, 4) is 0 Å². The molecule has 0 saturated carbocycles. The van der Waals surface area contributed by atoms with Crippen LogP contribution in [0.4, 0.5) is 0 Å². The molecule has 2 atom stereocenters. The van der Waals surface area contributed by atoms with Crippen molar-refractivity contribution in [2.45, 2.75) is 52.9 Å². The summed E-state index contributed by atoms with van der Waals surface area (Å²) in [5.74, 6) is -0.643. The van der Waals surface area contributed by atoms with E-state index in [1.54, 1.807) is 6.92 Å². The maximum atomic E-state index is 12.4. The van der Waals surface area contributed by atoms with E-state index in [0.29, 0.717) is 24.4 Å². The van der Waals surface area contributed by atoms with Crippen molar-refractivity contribution in [1.29, 1.82) is 0 Å². The first kappa shape index (κ1) is 16.8. The van der Waals surface area contributed by atoms with E-state index >= 15 is 0 Å². The maximum Gasteiger partial charge on any atom is 0.335 e. The van der Waals surface area contributed by atoms with Crippen molar-refractivity contribution in [3.63, 3.8) is 0 Å². The van der Waals surface area contributed by atoms with Crippen LogP contribution in [0.1, 0.15) is 52.9 Å². The number of hydrogen-bond donors (Lipinski definition) is 0. The molecule has 0 heterocycles. The fourth-order valence-electron chi connectivity index (χ4n) is 3.37. The van der Waals surface area contributed by atoms with Gasteiger partial charge in [0, 0.05) is 11.8 Å². The molecule has 4 heteroatoms. The van der Waals surface area contributed by atoms with Gasteiger partial charge in [0.25, 0.3) is 0 Å². The highest BCUT2D eigenvalue weighted by Gasteiger charge is 2.45. The Kier molecular flexibility index (Phi) is 5.81. The monoisotopic (exact) mass is 306 g/mol. The molecule has 0 aromatic carbocycles. The van der Waals surface area contributed by atoms with E-state index in [1.165, 1.54) is 0 Å². The Balaban J connectivity index is 2.03. The molecule has 122 valence electrons. The Morgan fingerprint density at radius 3 is 2.50 bits per heavy atom. The van der Waals surface area contributed by atoms with Crippen LogP contribution in [0.2, 0.25) is 0 Å². The molecule has 2 aliphatic carbocycles. The third-order valence-electron chi connectivity index (χ3n) is 4.46. The number of allylic oxidation sites excluding steroid dienone is 2. The minimum absolute atomic E-state index is 0.0209. The van der Waals surface area contributed by atoms with E-state index in [2.05, 4.69) is 13.0 Å². The Hall–Kier alpha value is -1.58. The standard InChI is InChI=1S/C18H26O4/c1-4-6-7-8-9-22-17(19)15-13-10-12(3)14(11-13)16(15)18(20)21-5-2/h10,13-14H,4-9,11H2,1-3H3. The van der Waals surface area contributed by atoms with E-state index in [-0.39, 0.29) is 23.8 Å². The van der Waals surface area contributed by atoms with Gasteiger partial charge >= 0.3 is 11.9 Å². The molecule has 0 aliphatic heterocycles. The number of carbonyl (C=O) groups is 2. The molecule has 2 bridgehead atoms. The van der Waals surface area contributed by atoms with Gasteiger partial charge in [-0.15, -0.1) is 0 Å².